The Morgan fingerprint density at radius 1 is 1.07 bits per heavy atom. The lowest BCUT2D eigenvalue weighted by atomic mass is 10.1. The van der Waals surface area contributed by atoms with Crippen molar-refractivity contribution in [2.45, 2.75) is 57.0 Å². The van der Waals surface area contributed by atoms with Crippen LogP contribution in [0, 0.1) is 13.8 Å². The highest BCUT2D eigenvalue weighted by atomic mass is 32.2. The number of nitrogens with zero attached hydrogens (tertiary/aromatic N) is 3. The predicted molar refractivity (Wildman–Crippen MR) is 113 cm³/mol. The molecule has 0 radical (unpaired) electrons. The van der Waals surface area contributed by atoms with Gasteiger partial charge in [0.25, 0.3) is 0 Å². The van der Waals surface area contributed by atoms with Crippen molar-refractivity contribution in [3.63, 3.8) is 0 Å². The van der Waals surface area contributed by atoms with Crippen LogP contribution >= 0.6 is 0 Å². The average Bonchev–Trinajstić information content (AvgIpc) is 3.38. The van der Waals surface area contributed by atoms with Gasteiger partial charge >= 0.3 is 0 Å². The largest absolute Gasteiger partial charge is 0.265 e. The summed E-state index contributed by atoms with van der Waals surface area (Å²) in [6.45, 7) is 3.86. The summed E-state index contributed by atoms with van der Waals surface area (Å²) in [7, 11) is -3.61. The predicted octanol–water partition coefficient (Wildman–Crippen LogP) is 4.16. The fraction of sp³-hybridized carbons (Fsp3) is 0.364. The molecule has 0 aliphatic heterocycles. The Hall–Kier alpha value is -2.51. The van der Waals surface area contributed by atoms with E-state index in [1.807, 2.05) is 44.2 Å². The standard InChI is InChI=1S/C22H26N4O2S/c1-16-7-8-17(2)22(13-16)29(27,28)24-15-19-14-21(18-9-11-23-12-10-18)26(25-19)20-5-3-4-6-20/h7-14,20,24H,3-6,15H2,1-2H3. The highest BCUT2D eigenvalue weighted by Gasteiger charge is 2.23. The van der Waals surface area contributed by atoms with Crippen LogP contribution in [0.2, 0.25) is 0 Å². The van der Waals surface area contributed by atoms with Crippen molar-refractivity contribution in [3.8, 4) is 11.3 Å². The molecule has 0 atom stereocenters. The van der Waals surface area contributed by atoms with Crippen LogP contribution in [-0.4, -0.2) is 23.2 Å². The molecule has 1 aromatic carbocycles. The van der Waals surface area contributed by atoms with Gasteiger partial charge in [-0.2, -0.15) is 5.10 Å². The maximum Gasteiger partial charge on any atom is 0.241 e. The van der Waals surface area contributed by atoms with E-state index in [9.17, 15) is 8.42 Å². The van der Waals surface area contributed by atoms with Crippen molar-refractivity contribution in [3.05, 3.63) is 65.6 Å². The Bertz CT molecular complexity index is 1100. The van der Waals surface area contributed by atoms with Crippen LogP contribution in [0.5, 0.6) is 0 Å². The summed E-state index contributed by atoms with van der Waals surface area (Å²) in [5.74, 6) is 0. The molecular weight excluding hydrogens is 384 g/mol. The maximum atomic E-state index is 12.8. The monoisotopic (exact) mass is 410 g/mol. The van der Waals surface area contributed by atoms with Gasteiger partial charge in [0.2, 0.25) is 10.0 Å². The van der Waals surface area contributed by atoms with Gasteiger partial charge in [0.1, 0.15) is 0 Å². The molecule has 1 aliphatic rings. The molecule has 0 unspecified atom stereocenters. The molecule has 7 heteroatoms. The molecule has 152 valence electrons. The topological polar surface area (TPSA) is 76.9 Å². The van der Waals surface area contributed by atoms with Gasteiger partial charge in [-0.05, 0) is 62.1 Å². The van der Waals surface area contributed by atoms with Crippen LogP contribution in [-0.2, 0) is 16.6 Å². The summed E-state index contributed by atoms with van der Waals surface area (Å²) < 4.78 is 30.5. The summed E-state index contributed by atoms with van der Waals surface area (Å²) in [6, 6.07) is 11.7. The second-order valence-corrected chi connectivity index (χ2v) is 9.47. The van der Waals surface area contributed by atoms with Gasteiger partial charge in [-0.15, -0.1) is 0 Å². The van der Waals surface area contributed by atoms with E-state index in [1.165, 1.54) is 12.8 Å². The number of pyridine rings is 1. The van der Waals surface area contributed by atoms with Gasteiger partial charge in [0, 0.05) is 18.0 Å². The van der Waals surface area contributed by atoms with E-state index < -0.39 is 10.0 Å². The Morgan fingerprint density at radius 3 is 2.52 bits per heavy atom. The first kappa shape index (κ1) is 19.8. The van der Waals surface area contributed by atoms with Crippen LogP contribution < -0.4 is 4.72 Å². The fourth-order valence-electron chi connectivity index (χ4n) is 3.94. The van der Waals surface area contributed by atoms with Crippen molar-refractivity contribution in [2.75, 3.05) is 0 Å². The van der Waals surface area contributed by atoms with Crippen molar-refractivity contribution in [1.82, 2.24) is 19.5 Å². The third-order valence-electron chi connectivity index (χ3n) is 5.51. The number of aryl methyl sites for hydroxylation is 2. The smallest absolute Gasteiger partial charge is 0.241 e. The lowest BCUT2D eigenvalue weighted by Gasteiger charge is -2.14. The molecule has 6 nitrogen and oxygen atoms in total. The molecule has 1 aliphatic carbocycles. The van der Waals surface area contributed by atoms with E-state index in [0.717, 1.165) is 40.9 Å². The van der Waals surface area contributed by atoms with Gasteiger partial charge in [0.05, 0.1) is 28.9 Å². The molecule has 0 amide bonds. The van der Waals surface area contributed by atoms with Gasteiger partial charge in [-0.25, -0.2) is 13.1 Å². The first-order chi connectivity index (χ1) is 13.9. The van der Waals surface area contributed by atoms with Gasteiger partial charge in [-0.3, -0.25) is 9.67 Å². The average molecular weight is 411 g/mol. The Labute approximate surface area is 172 Å². The van der Waals surface area contributed by atoms with Gasteiger partial charge in [-0.1, -0.05) is 25.0 Å². The number of sulfonamides is 1. The molecule has 2 heterocycles. The highest BCUT2D eigenvalue weighted by molar-refractivity contribution is 7.89. The van der Waals surface area contributed by atoms with Crippen LogP contribution in [0.3, 0.4) is 0 Å². The van der Waals surface area contributed by atoms with Crippen LogP contribution in [0.15, 0.2) is 53.7 Å². The molecule has 1 N–H and O–H groups in total. The molecule has 3 aromatic rings. The second kappa shape index (κ2) is 8.08. The summed E-state index contributed by atoms with van der Waals surface area (Å²) in [5.41, 5.74) is 4.43. The van der Waals surface area contributed by atoms with E-state index in [0.29, 0.717) is 10.9 Å². The minimum Gasteiger partial charge on any atom is -0.265 e. The first-order valence-electron chi connectivity index (χ1n) is 10.00. The Kier molecular flexibility index (Phi) is 5.52. The van der Waals surface area contributed by atoms with Crippen LogP contribution in [0.4, 0.5) is 0 Å². The Balaban J connectivity index is 1.61. The van der Waals surface area contributed by atoms with Crippen molar-refractivity contribution < 1.29 is 8.42 Å². The number of hydrogen-bond acceptors (Lipinski definition) is 4. The molecule has 2 aromatic heterocycles. The summed E-state index contributed by atoms with van der Waals surface area (Å²) in [6.07, 6.45) is 8.15. The van der Waals surface area contributed by atoms with E-state index in [-0.39, 0.29) is 6.54 Å². The van der Waals surface area contributed by atoms with E-state index in [2.05, 4.69) is 14.4 Å². The van der Waals surface area contributed by atoms with E-state index >= 15 is 0 Å². The molecule has 0 saturated heterocycles. The number of aromatic nitrogens is 3. The molecule has 4 rings (SSSR count). The Morgan fingerprint density at radius 2 is 1.79 bits per heavy atom. The van der Waals surface area contributed by atoms with Crippen molar-refractivity contribution >= 4 is 10.0 Å². The number of hydrogen-bond donors (Lipinski definition) is 1. The molecular formula is C22H26N4O2S. The summed E-state index contributed by atoms with van der Waals surface area (Å²) in [5, 5.41) is 4.77. The van der Waals surface area contributed by atoms with Crippen LogP contribution in [0.25, 0.3) is 11.3 Å². The summed E-state index contributed by atoms with van der Waals surface area (Å²) in [4.78, 5) is 4.42. The molecule has 29 heavy (non-hydrogen) atoms. The van der Waals surface area contributed by atoms with Gasteiger partial charge < -0.3 is 0 Å². The molecule has 0 spiro atoms. The third-order valence-corrected chi connectivity index (χ3v) is 7.05. The zero-order valence-corrected chi connectivity index (χ0v) is 17.6. The number of nitrogens with one attached hydrogen (secondary N) is 1. The zero-order valence-electron chi connectivity index (χ0n) is 16.8. The lowest BCUT2D eigenvalue weighted by Crippen LogP contribution is -2.24. The SMILES string of the molecule is Cc1ccc(C)c(S(=O)(=O)NCc2cc(-c3ccncc3)n(C3CCCC3)n2)c1. The zero-order chi connectivity index (χ0) is 20.4. The minimum atomic E-state index is -3.61. The number of rotatable bonds is 6. The van der Waals surface area contributed by atoms with E-state index in [4.69, 9.17) is 5.10 Å². The van der Waals surface area contributed by atoms with Crippen molar-refractivity contribution in [2.24, 2.45) is 0 Å². The quantitative estimate of drug-likeness (QED) is 0.662. The highest BCUT2D eigenvalue weighted by Crippen LogP contribution is 2.33. The molecule has 0 bridgehead atoms. The maximum absolute atomic E-state index is 12.8. The normalized spacial score (nSPS) is 15.1. The van der Waals surface area contributed by atoms with Crippen molar-refractivity contribution in [1.29, 1.82) is 0 Å². The fourth-order valence-corrected chi connectivity index (χ4v) is 5.27. The van der Waals surface area contributed by atoms with Crippen LogP contribution in [0.1, 0.15) is 48.5 Å². The lowest BCUT2D eigenvalue weighted by molar-refractivity contribution is 0.467. The molecule has 1 fully saturated rings. The van der Waals surface area contributed by atoms with Gasteiger partial charge in [0.15, 0.2) is 0 Å². The van der Waals surface area contributed by atoms with E-state index in [1.54, 1.807) is 18.5 Å². The second-order valence-electron chi connectivity index (χ2n) is 7.73. The summed E-state index contributed by atoms with van der Waals surface area (Å²) >= 11 is 0. The number of benzene rings is 1. The molecule has 1 saturated carbocycles. The minimum absolute atomic E-state index is 0.160. The third kappa shape index (κ3) is 4.26. The first-order valence-corrected chi connectivity index (χ1v) is 11.5.